The minimum absolute atomic E-state index is 0.290. The average molecular weight is 338 g/mol. The van der Waals surface area contributed by atoms with Crippen LogP contribution in [-0.4, -0.2) is 54.1 Å². The molecule has 0 bridgehead atoms. The van der Waals surface area contributed by atoms with E-state index in [1.54, 1.807) is 17.2 Å². The predicted molar refractivity (Wildman–Crippen MR) is 88.9 cm³/mol. The number of aromatic nitrogens is 4. The van der Waals surface area contributed by atoms with Gasteiger partial charge in [0.1, 0.15) is 12.1 Å². The molecule has 126 valence electrons. The second-order valence-electron chi connectivity index (χ2n) is 5.87. The summed E-state index contributed by atoms with van der Waals surface area (Å²) in [5.74, 6) is 0.930. The van der Waals surface area contributed by atoms with Crippen LogP contribution in [0.3, 0.4) is 0 Å². The topological polar surface area (TPSA) is 93.0 Å². The Kier molecular flexibility index (Phi) is 4.76. The minimum Gasteiger partial charge on any atom is -0.356 e. The average Bonchev–Trinajstić information content (AvgIpc) is 2.73. The summed E-state index contributed by atoms with van der Waals surface area (Å²) in [5, 5.41) is 5.27. The zero-order valence-electron chi connectivity index (χ0n) is 13.3. The summed E-state index contributed by atoms with van der Waals surface area (Å²) in [6.07, 6.45) is 9.37. The van der Waals surface area contributed by atoms with Crippen LogP contribution < -0.4 is 9.62 Å². The molecule has 2 aromatic heterocycles. The van der Waals surface area contributed by atoms with Crippen molar-refractivity contribution in [2.75, 3.05) is 30.8 Å². The van der Waals surface area contributed by atoms with E-state index in [9.17, 15) is 8.42 Å². The van der Waals surface area contributed by atoms with E-state index in [0.717, 1.165) is 36.2 Å². The number of fused-ring (bicyclic) bond motifs is 1. The Labute approximate surface area is 136 Å². The van der Waals surface area contributed by atoms with Gasteiger partial charge in [0, 0.05) is 19.6 Å². The first-order valence-corrected chi connectivity index (χ1v) is 9.80. The highest BCUT2D eigenvalue weighted by Crippen LogP contribution is 2.24. The zero-order valence-corrected chi connectivity index (χ0v) is 14.1. The third kappa shape index (κ3) is 3.97. The fraction of sp³-hybridized carbons (Fsp3) is 0.643. The van der Waals surface area contributed by atoms with Crippen molar-refractivity contribution < 1.29 is 8.42 Å². The van der Waals surface area contributed by atoms with Crippen molar-refractivity contribution in [3.05, 3.63) is 12.5 Å². The van der Waals surface area contributed by atoms with E-state index < -0.39 is 10.0 Å². The summed E-state index contributed by atoms with van der Waals surface area (Å²) in [7, 11) is -3.19. The molecule has 23 heavy (non-hydrogen) atoms. The van der Waals surface area contributed by atoms with E-state index in [-0.39, 0.29) is 0 Å². The van der Waals surface area contributed by atoms with Crippen LogP contribution in [0.2, 0.25) is 0 Å². The Bertz CT molecular complexity index is 765. The Balaban J connectivity index is 1.82. The maximum atomic E-state index is 11.1. The smallest absolute Gasteiger partial charge is 0.208 e. The number of hydrogen-bond donors (Lipinski definition) is 1. The van der Waals surface area contributed by atoms with Crippen molar-refractivity contribution >= 4 is 26.9 Å². The van der Waals surface area contributed by atoms with Crippen molar-refractivity contribution in [2.24, 2.45) is 0 Å². The van der Waals surface area contributed by atoms with E-state index >= 15 is 0 Å². The van der Waals surface area contributed by atoms with Gasteiger partial charge in [0.05, 0.1) is 24.4 Å². The molecule has 0 spiro atoms. The van der Waals surface area contributed by atoms with Crippen LogP contribution in [0.4, 0.5) is 5.82 Å². The van der Waals surface area contributed by atoms with Crippen LogP contribution >= 0.6 is 0 Å². The molecule has 0 unspecified atom stereocenters. The van der Waals surface area contributed by atoms with Gasteiger partial charge < -0.3 is 4.90 Å². The van der Waals surface area contributed by atoms with Gasteiger partial charge in [0.2, 0.25) is 10.0 Å². The van der Waals surface area contributed by atoms with Crippen LogP contribution in [0.1, 0.15) is 25.7 Å². The standard InChI is InChI=1S/C14H22N6O2S/c1-23(21,22)18-6-9-20-14-12(10-17-20)13(15-11-16-14)19-7-4-2-3-5-8-19/h10-11,18H,2-9H2,1H3. The Morgan fingerprint density at radius 1 is 1.17 bits per heavy atom. The number of anilines is 1. The molecular weight excluding hydrogens is 316 g/mol. The number of hydrogen-bond acceptors (Lipinski definition) is 6. The summed E-state index contributed by atoms with van der Waals surface area (Å²) in [6.45, 7) is 2.74. The Hall–Kier alpha value is -1.74. The number of nitrogens with one attached hydrogen (secondary N) is 1. The lowest BCUT2D eigenvalue weighted by Gasteiger charge is -2.21. The first-order chi connectivity index (χ1) is 11.0. The fourth-order valence-corrected chi connectivity index (χ4v) is 3.38. The molecule has 1 saturated heterocycles. The van der Waals surface area contributed by atoms with Crippen molar-refractivity contribution in [2.45, 2.75) is 32.2 Å². The largest absolute Gasteiger partial charge is 0.356 e. The molecule has 1 N–H and O–H groups in total. The van der Waals surface area contributed by atoms with Crippen molar-refractivity contribution in [3.63, 3.8) is 0 Å². The van der Waals surface area contributed by atoms with Crippen molar-refractivity contribution in [3.8, 4) is 0 Å². The van der Waals surface area contributed by atoms with Gasteiger partial charge >= 0.3 is 0 Å². The highest BCUT2D eigenvalue weighted by atomic mass is 32.2. The molecule has 8 nitrogen and oxygen atoms in total. The molecule has 0 amide bonds. The molecule has 2 aromatic rings. The quantitative estimate of drug-likeness (QED) is 0.865. The third-order valence-corrected chi connectivity index (χ3v) is 4.73. The fourth-order valence-electron chi connectivity index (χ4n) is 2.92. The van der Waals surface area contributed by atoms with Gasteiger partial charge in [0.15, 0.2) is 5.65 Å². The van der Waals surface area contributed by atoms with Crippen molar-refractivity contribution in [1.82, 2.24) is 24.5 Å². The molecule has 9 heteroatoms. The van der Waals surface area contributed by atoms with Crippen LogP contribution in [0.5, 0.6) is 0 Å². The molecule has 0 atom stereocenters. The summed E-state index contributed by atoms with van der Waals surface area (Å²) in [6, 6.07) is 0. The van der Waals surface area contributed by atoms with E-state index in [0.29, 0.717) is 13.1 Å². The minimum atomic E-state index is -3.19. The monoisotopic (exact) mass is 338 g/mol. The lowest BCUT2D eigenvalue weighted by atomic mass is 10.2. The van der Waals surface area contributed by atoms with Crippen LogP contribution in [0, 0.1) is 0 Å². The molecule has 3 heterocycles. The lowest BCUT2D eigenvalue weighted by Crippen LogP contribution is -2.26. The van der Waals surface area contributed by atoms with Gasteiger partial charge in [-0.05, 0) is 12.8 Å². The lowest BCUT2D eigenvalue weighted by molar-refractivity contribution is 0.569. The first kappa shape index (κ1) is 16.1. The number of sulfonamides is 1. The van der Waals surface area contributed by atoms with Crippen LogP contribution in [-0.2, 0) is 16.6 Å². The predicted octanol–water partition coefficient (Wildman–Crippen LogP) is 0.756. The van der Waals surface area contributed by atoms with Crippen LogP contribution in [0.25, 0.3) is 11.0 Å². The number of nitrogens with zero attached hydrogens (tertiary/aromatic N) is 5. The molecule has 1 fully saturated rings. The highest BCUT2D eigenvalue weighted by Gasteiger charge is 2.17. The second kappa shape index (κ2) is 6.79. The van der Waals surface area contributed by atoms with E-state index in [1.165, 1.54) is 25.7 Å². The maximum absolute atomic E-state index is 11.1. The summed E-state index contributed by atoms with van der Waals surface area (Å²) < 4.78 is 26.5. The molecule has 3 rings (SSSR count). The first-order valence-electron chi connectivity index (χ1n) is 7.91. The summed E-state index contributed by atoms with van der Waals surface area (Å²) in [4.78, 5) is 11.1. The molecular formula is C14H22N6O2S. The normalized spacial score (nSPS) is 16.7. The molecule has 1 aliphatic rings. The molecule has 0 aliphatic carbocycles. The number of rotatable bonds is 5. The summed E-state index contributed by atoms with van der Waals surface area (Å²) in [5.41, 5.74) is 0.745. The molecule has 0 radical (unpaired) electrons. The van der Waals surface area contributed by atoms with Crippen LogP contribution in [0.15, 0.2) is 12.5 Å². The SMILES string of the molecule is CS(=O)(=O)NCCn1ncc2c(N3CCCCCC3)ncnc21. The van der Waals surface area contributed by atoms with Gasteiger partial charge in [-0.1, -0.05) is 12.8 Å². The molecule has 0 aromatic carbocycles. The molecule has 0 saturated carbocycles. The van der Waals surface area contributed by atoms with Gasteiger partial charge in [-0.3, -0.25) is 0 Å². The summed E-state index contributed by atoms with van der Waals surface area (Å²) >= 11 is 0. The van der Waals surface area contributed by atoms with Gasteiger partial charge in [-0.15, -0.1) is 0 Å². The second-order valence-corrected chi connectivity index (χ2v) is 7.70. The van der Waals surface area contributed by atoms with E-state index in [2.05, 4.69) is 24.7 Å². The highest BCUT2D eigenvalue weighted by molar-refractivity contribution is 7.88. The van der Waals surface area contributed by atoms with E-state index in [1.807, 2.05) is 0 Å². The van der Waals surface area contributed by atoms with Gasteiger partial charge in [-0.25, -0.2) is 27.8 Å². The molecule has 1 aliphatic heterocycles. The Morgan fingerprint density at radius 3 is 2.61 bits per heavy atom. The van der Waals surface area contributed by atoms with Crippen molar-refractivity contribution in [1.29, 1.82) is 0 Å². The zero-order chi connectivity index (χ0) is 16.3. The maximum Gasteiger partial charge on any atom is 0.208 e. The van der Waals surface area contributed by atoms with Gasteiger partial charge in [-0.2, -0.15) is 5.10 Å². The third-order valence-electron chi connectivity index (χ3n) is 4.01. The van der Waals surface area contributed by atoms with E-state index in [4.69, 9.17) is 0 Å². The van der Waals surface area contributed by atoms with Gasteiger partial charge in [0.25, 0.3) is 0 Å². The Morgan fingerprint density at radius 2 is 1.91 bits per heavy atom.